The molecule has 1 aliphatic carbocycles. The van der Waals surface area contributed by atoms with Gasteiger partial charge in [0.2, 0.25) is 0 Å². The summed E-state index contributed by atoms with van der Waals surface area (Å²) in [4.78, 5) is 17.8. The van der Waals surface area contributed by atoms with Gasteiger partial charge in [0.25, 0.3) is 0 Å². The van der Waals surface area contributed by atoms with E-state index in [0.717, 1.165) is 49.4 Å². The Balaban J connectivity index is 1.18. The van der Waals surface area contributed by atoms with Crippen LogP contribution in [0.2, 0.25) is 10.0 Å². The fourth-order valence-corrected chi connectivity index (χ4v) is 7.04. The maximum absolute atomic E-state index is 13.1. The molecule has 2 aromatic heterocycles. The third kappa shape index (κ3) is 8.07. The minimum Gasteiger partial charge on any atom is -0.484 e. The molecule has 4 N–H and O–H groups in total. The number of nitrogens with one attached hydrogen (secondary N) is 4. The Hall–Kier alpha value is -4.16. The Morgan fingerprint density at radius 3 is 2.40 bits per heavy atom. The zero-order valence-electron chi connectivity index (χ0n) is 29.2. The van der Waals surface area contributed by atoms with Crippen molar-refractivity contribution in [1.29, 1.82) is 5.41 Å². The number of benzene rings is 2. The molecule has 1 saturated heterocycles. The average molecular weight is 719 g/mol. The van der Waals surface area contributed by atoms with E-state index in [-0.39, 0.29) is 23.6 Å². The van der Waals surface area contributed by atoms with Crippen molar-refractivity contribution in [3.8, 4) is 17.1 Å². The maximum Gasteiger partial charge on any atom is 0.320 e. The highest BCUT2D eigenvalue weighted by Crippen LogP contribution is 2.40. The van der Waals surface area contributed by atoms with Crippen molar-refractivity contribution in [1.82, 2.24) is 40.3 Å². The van der Waals surface area contributed by atoms with Crippen LogP contribution in [0.4, 0.5) is 4.79 Å². The molecule has 3 heterocycles. The van der Waals surface area contributed by atoms with Crippen LogP contribution in [0.5, 0.6) is 5.75 Å². The van der Waals surface area contributed by atoms with Gasteiger partial charge in [-0.3, -0.25) is 14.6 Å². The highest BCUT2D eigenvalue weighted by Gasteiger charge is 2.30. The summed E-state index contributed by atoms with van der Waals surface area (Å²) in [7, 11) is 3.86. The Morgan fingerprint density at radius 1 is 1.02 bits per heavy atom. The molecule has 0 radical (unpaired) electrons. The van der Waals surface area contributed by atoms with Crippen LogP contribution in [-0.2, 0) is 6.54 Å². The second-order valence-electron chi connectivity index (χ2n) is 14.1. The lowest BCUT2D eigenvalue weighted by Crippen LogP contribution is -2.43. The topological polar surface area (TPSA) is 123 Å². The second-order valence-corrected chi connectivity index (χ2v) is 14.9. The van der Waals surface area contributed by atoms with Crippen molar-refractivity contribution in [2.45, 2.75) is 52.3 Å². The summed E-state index contributed by atoms with van der Waals surface area (Å²) in [6.45, 7) is 10.7. The van der Waals surface area contributed by atoms with E-state index < -0.39 is 0 Å². The quantitative estimate of drug-likeness (QED) is 0.140. The van der Waals surface area contributed by atoms with Crippen LogP contribution in [0.15, 0.2) is 66.6 Å². The summed E-state index contributed by atoms with van der Waals surface area (Å²) in [5.74, 6) is 1.64. The van der Waals surface area contributed by atoms with Gasteiger partial charge in [-0.2, -0.15) is 0 Å². The van der Waals surface area contributed by atoms with Gasteiger partial charge in [-0.05, 0) is 66.9 Å². The highest BCUT2D eigenvalue weighted by molar-refractivity contribution is 6.39. The number of aromatic nitrogens is 3. The van der Waals surface area contributed by atoms with Crippen molar-refractivity contribution in [3.63, 3.8) is 0 Å². The van der Waals surface area contributed by atoms with Crippen LogP contribution in [0.25, 0.3) is 17.0 Å². The first-order valence-electron chi connectivity index (χ1n) is 16.9. The van der Waals surface area contributed by atoms with Gasteiger partial charge in [0.15, 0.2) is 11.5 Å². The first-order valence-corrected chi connectivity index (χ1v) is 17.7. The number of urea groups is 1. The van der Waals surface area contributed by atoms with Crippen LogP contribution < -0.4 is 20.7 Å². The zero-order chi connectivity index (χ0) is 35.6. The molecular formula is C37H45Cl2N9O2. The first kappa shape index (κ1) is 35.7. The third-order valence-electron chi connectivity index (χ3n) is 9.34. The Labute approximate surface area is 303 Å². The van der Waals surface area contributed by atoms with Crippen LogP contribution in [0.1, 0.15) is 62.4 Å². The number of allylic oxidation sites excluding steroid dienone is 1. The van der Waals surface area contributed by atoms with Crippen LogP contribution >= 0.6 is 23.2 Å². The number of amides is 2. The number of piperazine rings is 1. The molecule has 2 aliphatic rings. The number of rotatable bonds is 9. The van der Waals surface area contributed by atoms with Gasteiger partial charge in [0.1, 0.15) is 17.7 Å². The van der Waals surface area contributed by atoms with E-state index >= 15 is 0 Å². The summed E-state index contributed by atoms with van der Waals surface area (Å²) < 4.78 is 8.47. The molecule has 0 unspecified atom stereocenters. The van der Waals surface area contributed by atoms with Gasteiger partial charge in [0.05, 0.1) is 27.8 Å². The summed E-state index contributed by atoms with van der Waals surface area (Å²) in [5, 5.41) is 27.2. The van der Waals surface area contributed by atoms with E-state index in [0.29, 0.717) is 57.2 Å². The number of fused-ring (bicyclic) bond motifs is 2. The van der Waals surface area contributed by atoms with Gasteiger partial charge >= 0.3 is 6.03 Å². The normalized spacial score (nSPS) is 18.8. The van der Waals surface area contributed by atoms with Crippen molar-refractivity contribution < 1.29 is 9.53 Å². The highest BCUT2D eigenvalue weighted by atomic mass is 35.5. The molecule has 2 aromatic carbocycles. The van der Waals surface area contributed by atoms with E-state index in [1.165, 1.54) is 0 Å². The molecule has 0 spiro atoms. The number of likely N-dealkylation sites (N-methyl/N-ethyl adjacent to an activating group) is 1. The number of hydrogen-bond acceptors (Lipinski definition) is 8. The van der Waals surface area contributed by atoms with Crippen molar-refractivity contribution >= 4 is 40.6 Å². The fourth-order valence-electron chi connectivity index (χ4n) is 6.34. The van der Waals surface area contributed by atoms with E-state index in [1.54, 1.807) is 13.1 Å². The molecule has 13 heteroatoms. The van der Waals surface area contributed by atoms with Crippen molar-refractivity contribution in [2.24, 2.45) is 5.41 Å². The monoisotopic (exact) mass is 717 g/mol. The molecular weight excluding hydrogens is 673 g/mol. The molecule has 11 nitrogen and oxygen atoms in total. The lowest BCUT2D eigenvalue weighted by Gasteiger charge is -2.32. The van der Waals surface area contributed by atoms with Gasteiger partial charge in [0, 0.05) is 50.9 Å². The van der Waals surface area contributed by atoms with Crippen LogP contribution in [0, 0.1) is 10.8 Å². The number of nitrogens with zero attached hydrogens (tertiary/aromatic N) is 5. The first-order chi connectivity index (χ1) is 23.9. The Morgan fingerprint density at radius 2 is 1.72 bits per heavy atom. The Bertz CT molecular complexity index is 1890. The Kier molecular flexibility index (Phi) is 10.7. The van der Waals surface area contributed by atoms with Crippen molar-refractivity contribution in [3.05, 3.63) is 93.4 Å². The molecule has 2 atom stereocenters. The maximum atomic E-state index is 13.1. The molecule has 0 saturated carbocycles. The molecule has 50 heavy (non-hydrogen) atoms. The SMILES string of the molecule is CN/C(=C\C(=N)C(C)(C)C)NC(=O)N[C@H]1CC[C@@H](Oc2ccc3nnc(-c4c(Cl)cc(CN5CCN(C)CC5)cc4Cl)n3c2)c2ccccc21. The largest absolute Gasteiger partial charge is 0.484 e. The van der Waals surface area contributed by atoms with Gasteiger partial charge in [-0.15, -0.1) is 10.2 Å². The van der Waals surface area contributed by atoms with E-state index in [2.05, 4.69) is 43.0 Å². The minimum atomic E-state index is -0.346. The summed E-state index contributed by atoms with van der Waals surface area (Å²) in [6, 6.07) is 15.2. The van der Waals surface area contributed by atoms with Crippen molar-refractivity contribution in [2.75, 3.05) is 40.3 Å². The van der Waals surface area contributed by atoms with E-state index in [9.17, 15) is 4.79 Å². The predicted molar refractivity (Wildman–Crippen MR) is 199 cm³/mol. The van der Waals surface area contributed by atoms with Crippen LogP contribution in [0.3, 0.4) is 0 Å². The van der Waals surface area contributed by atoms with E-state index in [4.69, 9.17) is 33.3 Å². The number of pyridine rings is 1. The summed E-state index contributed by atoms with van der Waals surface area (Å²) >= 11 is 13.7. The van der Waals surface area contributed by atoms with Crippen LogP contribution in [-0.4, -0.2) is 76.4 Å². The number of hydrogen-bond donors (Lipinski definition) is 4. The molecule has 4 aromatic rings. The molecule has 2 amide bonds. The lowest BCUT2D eigenvalue weighted by atomic mass is 9.85. The second kappa shape index (κ2) is 15.0. The fraction of sp³-hybridized carbons (Fsp3) is 0.405. The molecule has 1 aliphatic heterocycles. The summed E-state index contributed by atoms with van der Waals surface area (Å²) in [6.07, 6.45) is 4.65. The van der Waals surface area contributed by atoms with Gasteiger partial charge in [-0.25, -0.2) is 4.79 Å². The minimum absolute atomic E-state index is 0.207. The molecule has 264 valence electrons. The number of halogens is 2. The third-order valence-corrected chi connectivity index (χ3v) is 9.93. The zero-order valence-corrected chi connectivity index (χ0v) is 30.7. The summed E-state index contributed by atoms with van der Waals surface area (Å²) in [5.41, 5.74) is 4.41. The predicted octanol–water partition coefficient (Wildman–Crippen LogP) is 6.83. The number of carbonyl (C=O) groups is 1. The number of carbonyl (C=O) groups excluding carboxylic acids is 1. The number of ether oxygens (including phenoxy) is 1. The molecule has 0 bridgehead atoms. The molecule has 6 rings (SSSR count). The van der Waals surface area contributed by atoms with E-state index in [1.807, 2.05) is 79.9 Å². The smallest absolute Gasteiger partial charge is 0.320 e. The lowest BCUT2D eigenvalue weighted by molar-refractivity contribution is 0.148. The standard InChI is InChI=1S/C37H45Cl2N9O2/c1-37(2,3)31(40)20-32(41-4)43-36(49)42-29-11-12-30(26-9-7-6-8-25(26)29)50-24-10-13-33-44-45-35(48(33)22-24)34-27(38)18-23(19-28(34)39)21-47-16-14-46(5)15-17-47/h6-10,13,18-20,22,29-30,40-41H,11-12,14-17,21H2,1-5H3,(H2,42,43,49)/b32-20+,40-31?/t29-,30+/m0/s1. The van der Waals surface area contributed by atoms with Gasteiger partial charge in [-0.1, -0.05) is 68.2 Å². The molecule has 1 fully saturated rings. The average Bonchev–Trinajstić information content (AvgIpc) is 3.48. The van der Waals surface area contributed by atoms with Gasteiger partial charge < -0.3 is 25.7 Å².